The van der Waals surface area contributed by atoms with Gasteiger partial charge in [-0.3, -0.25) is 5.10 Å². The molecule has 4 rings (SSSR count). The number of aromatic amines is 2. The van der Waals surface area contributed by atoms with Gasteiger partial charge >= 0.3 is 0 Å². The van der Waals surface area contributed by atoms with Crippen molar-refractivity contribution in [2.24, 2.45) is 0 Å². The largest absolute Gasteiger partial charge is 0.489 e. The first-order valence-corrected chi connectivity index (χ1v) is 8.29. The molecule has 122 valence electrons. The Morgan fingerprint density at radius 2 is 2.12 bits per heavy atom. The number of nitrogens with one attached hydrogen (secondary N) is 3. The van der Waals surface area contributed by atoms with E-state index in [-0.39, 0.29) is 6.10 Å². The van der Waals surface area contributed by atoms with Crippen LogP contribution in [0.4, 0.5) is 11.5 Å². The number of ether oxygens (including phenoxy) is 1. The van der Waals surface area contributed by atoms with Crippen LogP contribution in [0.15, 0.2) is 35.3 Å². The molecule has 3 N–H and O–H groups in total. The summed E-state index contributed by atoms with van der Waals surface area (Å²) in [4.78, 5) is 11.7. The van der Waals surface area contributed by atoms with Crippen LogP contribution in [0.25, 0.3) is 21.9 Å². The van der Waals surface area contributed by atoms with Gasteiger partial charge in [0.05, 0.1) is 28.9 Å². The van der Waals surface area contributed by atoms with Gasteiger partial charge in [-0.1, -0.05) is 0 Å². The second-order valence-electron chi connectivity index (χ2n) is 5.68. The van der Waals surface area contributed by atoms with Gasteiger partial charge in [-0.25, -0.2) is 9.97 Å². The van der Waals surface area contributed by atoms with E-state index in [1.807, 2.05) is 32.2 Å². The second kappa shape index (κ2) is 5.79. The number of fused-ring (bicyclic) bond motifs is 2. The minimum Gasteiger partial charge on any atom is -0.489 e. The van der Waals surface area contributed by atoms with Crippen LogP contribution in [0.2, 0.25) is 0 Å². The lowest BCUT2D eigenvalue weighted by Crippen LogP contribution is -2.08. The first-order valence-electron chi connectivity index (χ1n) is 7.50. The van der Waals surface area contributed by atoms with E-state index < -0.39 is 0 Å². The van der Waals surface area contributed by atoms with Gasteiger partial charge in [0.15, 0.2) is 0 Å². The molecule has 0 unspecified atom stereocenters. The normalized spacial score (nSPS) is 11.5. The van der Waals surface area contributed by atoms with Crippen molar-refractivity contribution in [2.75, 3.05) is 5.32 Å². The van der Waals surface area contributed by atoms with Crippen molar-refractivity contribution < 1.29 is 4.74 Å². The highest BCUT2D eigenvalue weighted by Gasteiger charge is 2.14. The van der Waals surface area contributed by atoms with Crippen molar-refractivity contribution in [2.45, 2.75) is 20.0 Å². The Bertz CT molecular complexity index is 1020. The number of hydrogen-bond acceptors (Lipinski definition) is 5. The summed E-state index contributed by atoms with van der Waals surface area (Å²) < 4.78 is 6.84. The maximum absolute atomic E-state index is 5.95. The first-order chi connectivity index (χ1) is 11.6. The highest BCUT2D eigenvalue weighted by atomic mass is 79.9. The highest BCUT2D eigenvalue weighted by molar-refractivity contribution is 9.10. The van der Waals surface area contributed by atoms with Crippen LogP contribution in [0.3, 0.4) is 0 Å². The molecule has 7 nitrogen and oxygen atoms in total. The van der Waals surface area contributed by atoms with Crippen molar-refractivity contribution in [1.29, 1.82) is 0 Å². The third kappa shape index (κ3) is 2.58. The number of H-pyrrole nitrogens is 2. The van der Waals surface area contributed by atoms with Gasteiger partial charge in [0.2, 0.25) is 0 Å². The Morgan fingerprint density at radius 3 is 2.96 bits per heavy atom. The summed E-state index contributed by atoms with van der Waals surface area (Å²) in [7, 11) is 0. The van der Waals surface area contributed by atoms with Gasteiger partial charge < -0.3 is 15.0 Å². The lowest BCUT2D eigenvalue weighted by atomic mass is 10.2. The number of aromatic nitrogens is 5. The van der Waals surface area contributed by atoms with Crippen LogP contribution < -0.4 is 10.1 Å². The molecule has 0 saturated carbocycles. The van der Waals surface area contributed by atoms with Gasteiger partial charge in [0.1, 0.15) is 23.5 Å². The van der Waals surface area contributed by atoms with E-state index in [1.54, 1.807) is 6.20 Å². The molecule has 0 radical (unpaired) electrons. The summed E-state index contributed by atoms with van der Waals surface area (Å²) in [5.74, 6) is 1.43. The molecule has 24 heavy (non-hydrogen) atoms. The third-order valence-corrected chi connectivity index (χ3v) is 4.20. The van der Waals surface area contributed by atoms with Crippen molar-refractivity contribution in [3.8, 4) is 5.75 Å². The molecule has 0 atom stereocenters. The zero-order valence-corrected chi connectivity index (χ0v) is 14.7. The standard InChI is InChI=1S/C16H15BrN6O/c1-8(2)24-13-4-11-9(5-21-23-11)3-12(13)22-16-14-10(17)6-18-15(14)19-7-20-16/h3-8H,1-2H3,(H,21,23)(H2,18,19,20,22). The molecule has 3 aromatic heterocycles. The topological polar surface area (TPSA) is 91.5 Å². The van der Waals surface area contributed by atoms with Gasteiger partial charge in [0.25, 0.3) is 0 Å². The molecule has 0 saturated heterocycles. The van der Waals surface area contributed by atoms with E-state index >= 15 is 0 Å². The number of halogens is 1. The van der Waals surface area contributed by atoms with Crippen LogP contribution in [0, 0.1) is 0 Å². The summed E-state index contributed by atoms with van der Waals surface area (Å²) in [6.45, 7) is 3.99. The van der Waals surface area contributed by atoms with E-state index in [0.717, 1.165) is 37.8 Å². The molecular weight excluding hydrogens is 372 g/mol. The predicted molar refractivity (Wildman–Crippen MR) is 96.7 cm³/mol. The quantitative estimate of drug-likeness (QED) is 0.490. The summed E-state index contributed by atoms with van der Waals surface area (Å²) in [5, 5.41) is 12.3. The zero-order valence-electron chi connectivity index (χ0n) is 13.1. The number of anilines is 2. The van der Waals surface area contributed by atoms with Gasteiger partial charge in [-0.05, 0) is 35.8 Å². The molecule has 4 aromatic rings. The summed E-state index contributed by atoms with van der Waals surface area (Å²) in [6, 6.07) is 3.93. The summed E-state index contributed by atoms with van der Waals surface area (Å²) in [5.41, 5.74) is 2.51. The lowest BCUT2D eigenvalue weighted by molar-refractivity contribution is 0.244. The van der Waals surface area contributed by atoms with Crippen LogP contribution in [0.1, 0.15) is 13.8 Å². The van der Waals surface area contributed by atoms with E-state index in [9.17, 15) is 0 Å². The minimum absolute atomic E-state index is 0.0512. The number of nitrogens with zero attached hydrogens (tertiary/aromatic N) is 3. The molecule has 0 fully saturated rings. The second-order valence-corrected chi connectivity index (χ2v) is 6.53. The van der Waals surface area contributed by atoms with Gasteiger partial charge in [-0.2, -0.15) is 5.10 Å². The number of rotatable bonds is 4. The molecule has 1 aromatic carbocycles. The molecule has 0 bridgehead atoms. The monoisotopic (exact) mass is 386 g/mol. The molecule has 0 aliphatic carbocycles. The van der Waals surface area contributed by atoms with Crippen LogP contribution >= 0.6 is 15.9 Å². The predicted octanol–water partition coefficient (Wildman–Crippen LogP) is 4.13. The van der Waals surface area contributed by atoms with Gasteiger partial charge in [-0.15, -0.1) is 0 Å². The van der Waals surface area contributed by atoms with E-state index in [4.69, 9.17) is 4.74 Å². The smallest absolute Gasteiger partial charge is 0.145 e. The van der Waals surface area contributed by atoms with Gasteiger partial charge in [0, 0.05) is 22.1 Å². The van der Waals surface area contributed by atoms with Crippen LogP contribution in [-0.4, -0.2) is 31.3 Å². The van der Waals surface area contributed by atoms with E-state index in [2.05, 4.69) is 46.4 Å². The van der Waals surface area contributed by atoms with Crippen molar-refractivity contribution in [3.63, 3.8) is 0 Å². The fraction of sp³-hybridized carbons (Fsp3) is 0.188. The summed E-state index contributed by atoms with van der Waals surface area (Å²) in [6.07, 6.45) is 5.19. The van der Waals surface area contributed by atoms with E-state index in [0.29, 0.717) is 5.82 Å². The van der Waals surface area contributed by atoms with Crippen molar-refractivity contribution in [3.05, 3.63) is 35.3 Å². The average Bonchev–Trinajstić information content (AvgIpc) is 3.14. The maximum Gasteiger partial charge on any atom is 0.145 e. The molecular formula is C16H15BrN6O. The molecule has 0 amide bonds. The Labute approximate surface area is 146 Å². The zero-order chi connectivity index (χ0) is 16.7. The highest BCUT2D eigenvalue weighted by Crippen LogP contribution is 2.35. The SMILES string of the molecule is CC(C)Oc1cc2[nH]ncc2cc1Nc1ncnc2[nH]cc(Br)c12. The third-order valence-electron chi connectivity index (χ3n) is 3.58. The Morgan fingerprint density at radius 1 is 1.25 bits per heavy atom. The van der Waals surface area contributed by atoms with Crippen LogP contribution in [0.5, 0.6) is 5.75 Å². The summed E-state index contributed by atoms with van der Waals surface area (Å²) >= 11 is 3.53. The number of hydrogen-bond donors (Lipinski definition) is 3. The average molecular weight is 387 g/mol. The minimum atomic E-state index is 0.0512. The Kier molecular flexibility index (Phi) is 3.61. The fourth-order valence-electron chi connectivity index (χ4n) is 2.57. The molecule has 3 heterocycles. The van der Waals surface area contributed by atoms with E-state index in [1.165, 1.54) is 6.33 Å². The first kappa shape index (κ1) is 14.9. The van der Waals surface area contributed by atoms with Crippen molar-refractivity contribution in [1.82, 2.24) is 25.1 Å². The Hall–Kier alpha value is -2.61. The van der Waals surface area contributed by atoms with Crippen molar-refractivity contribution >= 4 is 49.4 Å². The Balaban J connectivity index is 1.84. The van der Waals surface area contributed by atoms with Crippen LogP contribution in [-0.2, 0) is 0 Å². The lowest BCUT2D eigenvalue weighted by Gasteiger charge is -2.16. The molecule has 0 aliphatic heterocycles. The molecule has 0 aliphatic rings. The number of benzene rings is 1. The fourth-order valence-corrected chi connectivity index (χ4v) is 3.06. The molecule has 8 heteroatoms. The molecule has 0 spiro atoms. The maximum atomic E-state index is 5.95.